The first-order valence-corrected chi connectivity index (χ1v) is 17.1. The fourth-order valence-corrected chi connectivity index (χ4v) is 6.32. The Kier molecular flexibility index (Phi) is 11.0. The number of amides is 1. The van der Waals surface area contributed by atoms with Crippen LogP contribution in [0.3, 0.4) is 0 Å². The van der Waals surface area contributed by atoms with Crippen molar-refractivity contribution in [3.63, 3.8) is 0 Å². The van der Waals surface area contributed by atoms with Gasteiger partial charge in [0, 0.05) is 52.8 Å². The van der Waals surface area contributed by atoms with E-state index >= 15 is 0 Å². The molecule has 0 bridgehead atoms. The van der Waals surface area contributed by atoms with Crippen LogP contribution in [0, 0.1) is 17.0 Å². The van der Waals surface area contributed by atoms with Gasteiger partial charge in [0.25, 0.3) is 5.91 Å². The molecule has 0 fully saturated rings. The second-order valence-electron chi connectivity index (χ2n) is 12.4. The van der Waals surface area contributed by atoms with E-state index in [0.717, 1.165) is 22.9 Å². The van der Waals surface area contributed by atoms with Gasteiger partial charge in [-0.25, -0.2) is 4.63 Å². The third-order valence-corrected chi connectivity index (χ3v) is 9.14. The zero-order valence-corrected chi connectivity index (χ0v) is 29.0. The number of benzene rings is 4. The Morgan fingerprint density at radius 1 is 0.904 bits per heavy atom. The number of ketones is 1. The predicted molar refractivity (Wildman–Crippen MR) is 196 cm³/mol. The summed E-state index contributed by atoms with van der Waals surface area (Å²) in [7, 11) is 0. The van der Waals surface area contributed by atoms with E-state index in [-0.39, 0.29) is 53.8 Å². The first kappa shape index (κ1) is 35.9. The average molecular weight is 723 g/mol. The number of carbonyl (C=O) groups excluding carboxylic acids is 3. The molecule has 52 heavy (non-hydrogen) atoms. The molecule has 13 nitrogen and oxygen atoms in total. The molecular weight excluding hydrogens is 688 g/mol. The van der Waals surface area contributed by atoms with Gasteiger partial charge in [0.2, 0.25) is 11.4 Å². The molecule has 0 radical (unpaired) electrons. The fourth-order valence-electron chi connectivity index (χ4n) is 6.19. The molecule has 2 heterocycles. The van der Waals surface area contributed by atoms with Crippen LogP contribution >= 0.6 is 11.6 Å². The smallest absolute Gasteiger partial charge is 0.300 e. The van der Waals surface area contributed by atoms with Gasteiger partial charge in [-0.2, -0.15) is 0 Å². The number of hydrogen-bond acceptors (Lipinski definition) is 10. The molecule has 4 aromatic carbocycles. The molecule has 0 spiro atoms. The van der Waals surface area contributed by atoms with Gasteiger partial charge < -0.3 is 15.7 Å². The minimum Gasteiger partial charge on any atom is -0.392 e. The van der Waals surface area contributed by atoms with Crippen LogP contribution in [0.5, 0.6) is 0 Å². The summed E-state index contributed by atoms with van der Waals surface area (Å²) in [5, 5.41) is 35.8. The number of nitro benzene ring substituents is 1. The average Bonchev–Trinajstić information content (AvgIpc) is 3.73. The Morgan fingerprint density at radius 2 is 1.63 bits per heavy atom. The molecule has 6 aromatic rings. The van der Waals surface area contributed by atoms with Crippen LogP contribution in [-0.2, 0) is 29.0 Å². The molecule has 14 heteroatoms. The molecule has 0 saturated carbocycles. The number of non-ortho nitro benzene ring substituents is 1. The zero-order valence-electron chi connectivity index (χ0n) is 28.2. The van der Waals surface area contributed by atoms with Crippen LogP contribution in [0.25, 0.3) is 21.9 Å². The number of aromatic nitrogens is 3. The fraction of sp³-hybridized carbons (Fsp3) is 0.237. The van der Waals surface area contributed by atoms with Gasteiger partial charge in [0.15, 0.2) is 5.52 Å². The maximum absolute atomic E-state index is 13.5. The summed E-state index contributed by atoms with van der Waals surface area (Å²) >= 11 is 6.02. The highest BCUT2D eigenvalue weighted by atomic mass is 35.5. The van der Waals surface area contributed by atoms with Crippen LogP contribution in [0.2, 0.25) is 5.02 Å². The van der Waals surface area contributed by atoms with E-state index in [2.05, 4.69) is 20.9 Å². The lowest BCUT2D eigenvalue weighted by Gasteiger charge is -2.09. The number of aliphatic hydroxyl groups excluding tert-OH is 1. The molecule has 2 aromatic heterocycles. The maximum atomic E-state index is 13.5. The van der Waals surface area contributed by atoms with Crippen LogP contribution in [0.1, 0.15) is 58.4 Å². The van der Waals surface area contributed by atoms with E-state index in [4.69, 9.17) is 16.2 Å². The number of fused-ring (bicyclic) bond motifs is 2. The highest BCUT2D eigenvalue weighted by Gasteiger charge is 2.22. The number of carbonyl (C=O) groups is 3. The summed E-state index contributed by atoms with van der Waals surface area (Å²) in [5.41, 5.74) is 5.34. The molecule has 1 amide bonds. The number of aliphatic hydroxyl groups is 1. The normalized spacial score (nSPS) is 11.2. The van der Waals surface area contributed by atoms with Crippen LogP contribution in [0.4, 0.5) is 17.1 Å². The highest BCUT2D eigenvalue weighted by molar-refractivity contribution is 6.30. The van der Waals surface area contributed by atoms with Gasteiger partial charge in [-0.3, -0.25) is 29.1 Å². The minimum atomic E-state index is -0.546. The summed E-state index contributed by atoms with van der Waals surface area (Å²) < 4.78 is 6.31. The third-order valence-electron chi connectivity index (χ3n) is 8.89. The summed E-state index contributed by atoms with van der Waals surface area (Å²) in [5.74, 6) is -0.309. The van der Waals surface area contributed by atoms with Crippen molar-refractivity contribution in [3.05, 3.63) is 122 Å². The molecule has 266 valence electrons. The third kappa shape index (κ3) is 8.01. The van der Waals surface area contributed by atoms with Crippen molar-refractivity contribution in [1.29, 1.82) is 0 Å². The first-order valence-electron chi connectivity index (χ1n) is 16.7. The van der Waals surface area contributed by atoms with E-state index in [0.29, 0.717) is 64.5 Å². The molecule has 0 aliphatic heterocycles. The monoisotopic (exact) mass is 722 g/mol. The van der Waals surface area contributed by atoms with Crippen molar-refractivity contribution < 1.29 is 29.0 Å². The summed E-state index contributed by atoms with van der Waals surface area (Å²) in [4.78, 5) is 49.9. The van der Waals surface area contributed by atoms with E-state index < -0.39 is 4.92 Å². The maximum Gasteiger partial charge on any atom is 0.300 e. The van der Waals surface area contributed by atoms with Gasteiger partial charge >= 0.3 is 5.69 Å². The van der Waals surface area contributed by atoms with Gasteiger partial charge in [-0.15, -0.1) is 0 Å². The van der Waals surface area contributed by atoms with Gasteiger partial charge in [-0.05, 0) is 101 Å². The Hall–Kier alpha value is -5.92. The topological polar surface area (TPSA) is 182 Å². The van der Waals surface area contributed by atoms with Gasteiger partial charge in [-0.1, -0.05) is 36.2 Å². The molecule has 0 unspecified atom stereocenters. The predicted octanol–water partition coefficient (Wildman–Crippen LogP) is 7.00. The number of nitro groups is 1. The molecule has 0 atom stereocenters. The van der Waals surface area contributed by atoms with Crippen LogP contribution in [-0.4, -0.2) is 49.1 Å². The number of nitrogens with one attached hydrogen (secondary N) is 2. The highest BCUT2D eigenvalue weighted by Crippen LogP contribution is 2.31. The van der Waals surface area contributed by atoms with Crippen molar-refractivity contribution in [2.45, 2.75) is 52.1 Å². The number of Topliss-reactive ketones (excluding diaryl/α,β-unsaturated/α-hetero) is 1. The SMILES string of the molecule is Cc1c(CC(=O)NCCCCCC(=O)Cc2ccc(Nc3ccc([N+](=O)[O-])c4nonc34)cc2)c2cc(CO)ccc2n1C(=O)c1ccc(Cl)cc1. The largest absolute Gasteiger partial charge is 0.392 e. The number of rotatable bonds is 15. The number of nitrogens with zero attached hydrogens (tertiary/aromatic N) is 4. The van der Waals surface area contributed by atoms with Crippen molar-refractivity contribution >= 4 is 68.2 Å². The van der Waals surface area contributed by atoms with Crippen LogP contribution in [0.15, 0.2) is 83.5 Å². The quantitative estimate of drug-likeness (QED) is 0.0567. The minimum absolute atomic E-state index is 0.0531. The van der Waals surface area contributed by atoms with Gasteiger partial charge in [0.1, 0.15) is 5.78 Å². The van der Waals surface area contributed by atoms with Crippen molar-refractivity contribution in [3.8, 4) is 0 Å². The lowest BCUT2D eigenvalue weighted by molar-refractivity contribution is -0.383. The van der Waals surface area contributed by atoms with E-state index in [1.165, 1.54) is 12.1 Å². The second kappa shape index (κ2) is 16.0. The van der Waals surface area contributed by atoms with E-state index in [1.807, 2.05) is 37.3 Å². The molecular formula is C38H35ClN6O7. The molecule has 0 aliphatic carbocycles. The Labute approximate surface area is 302 Å². The van der Waals surface area contributed by atoms with Crippen molar-refractivity contribution in [2.75, 3.05) is 11.9 Å². The van der Waals surface area contributed by atoms with Crippen LogP contribution < -0.4 is 10.6 Å². The van der Waals surface area contributed by atoms with E-state index in [1.54, 1.807) is 41.0 Å². The number of anilines is 2. The summed E-state index contributed by atoms with van der Waals surface area (Å²) in [6.45, 7) is 2.10. The molecule has 6 rings (SSSR count). The number of hydrogen-bond donors (Lipinski definition) is 3. The Balaban J connectivity index is 0.962. The zero-order chi connectivity index (χ0) is 36.8. The number of unbranched alkanes of at least 4 members (excludes halogenated alkanes) is 2. The van der Waals surface area contributed by atoms with E-state index in [9.17, 15) is 29.6 Å². The molecule has 0 saturated heterocycles. The molecule has 0 aliphatic rings. The summed E-state index contributed by atoms with van der Waals surface area (Å²) in [6.07, 6.45) is 2.95. The molecule has 3 N–H and O–H groups in total. The number of halogens is 1. The summed E-state index contributed by atoms with van der Waals surface area (Å²) in [6, 6.07) is 22.2. The lowest BCUT2D eigenvalue weighted by atomic mass is 10.0. The first-order chi connectivity index (χ1) is 25.1. The van der Waals surface area contributed by atoms with Gasteiger partial charge in [0.05, 0.1) is 29.2 Å². The Morgan fingerprint density at radius 3 is 2.37 bits per heavy atom. The second-order valence-corrected chi connectivity index (χ2v) is 12.9. The van der Waals surface area contributed by atoms with Crippen molar-refractivity contribution in [1.82, 2.24) is 20.2 Å². The Bertz CT molecular complexity index is 2280. The van der Waals surface area contributed by atoms with Crippen molar-refractivity contribution in [2.24, 2.45) is 0 Å². The lowest BCUT2D eigenvalue weighted by Crippen LogP contribution is -2.26. The standard InChI is InChI=1S/C38H35ClN6O7/c1-23-30(31-20-25(22-46)8-16-33(31)44(23)38(49)26-9-11-27(39)12-10-26)21-35(48)40-18-4-2-3-5-29(47)19-24-6-13-28(14-7-24)41-32-15-17-34(45(50)51)37-36(32)42-52-43-37/h6-17,20,41,46H,2-5,18-19,21-22H2,1H3,(H,40,48).